The van der Waals surface area contributed by atoms with Crippen LogP contribution >= 0.6 is 0 Å². The molecule has 0 saturated heterocycles. The third kappa shape index (κ3) is 4.89. The molecule has 138 valence electrons. The molecule has 1 heterocycles. The summed E-state index contributed by atoms with van der Waals surface area (Å²) in [5.74, 6) is 0.867. The lowest BCUT2D eigenvalue weighted by molar-refractivity contribution is -0.176. The van der Waals surface area contributed by atoms with Crippen LogP contribution in [0.2, 0.25) is 0 Å². The maximum absolute atomic E-state index is 12.2. The van der Waals surface area contributed by atoms with Gasteiger partial charge in [0.05, 0.1) is 6.61 Å². The van der Waals surface area contributed by atoms with Crippen molar-refractivity contribution in [3.63, 3.8) is 0 Å². The predicted molar refractivity (Wildman–Crippen MR) is 85.9 cm³/mol. The summed E-state index contributed by atoms with van der Waals surface area (Å²) in [5, 5.41) is 2.77. The van der Waals surface area contributed by atoms with Crippen molar-refractivity contribution >= 4 is 5.91 Å². The Morgan fingerprint density at radius 2 is 1.73 bits per heavy atom. The summed E-state index contributed by atoms with van der Waals surface area (Å²) in [6.45, 7) is -0.972. The second-order valence-electron chi connectivity index (χ2n) is 5.68. The van der Waals surface area contributed by atoms with Crippen molar-refractivity contribution in [2.24, 2.45) is 0 Å². The molecule has 26 heavy (non-hydrogen) atoms. The van der Waals surface area contributed by atoms with Crippen molar-refractivity contribution in [3.8, 4) is 11.5 Å². The summed E-state index contributed by atoms with van der Waals surface area (Å²) >= 11 is 0. The number of hydrogen-bond acceptors (Lipinski definition) is 4. The fraction of sp³-hybridized carbons (Fsp3) is 0.278. The van der Waals surface area contributed by atoms with Crippen LogP contribution in [0.25, 0.3) is 0 Å². The monoisotopic (exact) mass is 367 g/mol. The van der Waals surface area contributed by atoms with E-state index in [1.165, 1.54) is 0 Å². The van der Waals surface area contributed by atoms with Gasteiger partial charge in [0.25, 0.3) is 5.91 Å². The molecule has 0 aliphatic carbocycles. The Balaban J connectivity index is 1.49. The molecule has 1 aliphatic heterocycles. The lowest BCUT2D eigenvalue weighted by atomic mass is 10.1. The van der Waals surface area contributed by atoms with Gasteiger partial charge in [-0.3, -0.25) is 4.79 Å². The average molecular weight is 367 g/mol. The van der Waals surface area contributed by atoms with Crippen LogP contribution in [0.1, 0.15) is 21.5 Å². The maximum atomic E-state index is 12.2. The predicted octanol–water partition coefficient (Wildman–Crippen LogP) is 3.42. The molecule has 0 saturated carbocycles. The molecular formula is C18H16F3NO4. The van der Waals surface area contributed by atoms with Crippen LogP contribution in [-0.2, 0) is 17.9 Å². The van der Waals surface area contributed by atoms with Crippen LogP contribution in [0.3, 0.4) is 0 Å². The lowest BCUT2D eigenvalue weighted by Gasteiger charge is -2.09. The fourth-order valence-electron chi connectivity index (χ4n) is 2.36. The van der Waals surface area contributed by atoms with Gasteiger partial charge in [-0.2, -0.15) is 13.2 Å². The van der Waals surface area contributed by atoms with Gasteiger partial charge >= 0.3 is 6.18 Å². The molecular weight excluding hydrogens is 351 g/mol. The molecule has 1 amide bonds. The normalized spacial score (nSPS) is 12.9. The fourth-order valence-corrected chi connectivity index (χ4v) is 2.36. The highest BCUT2D eigenvalue weighted by Gasteiger charge is 2.27. The summed E-state index contributed by atoms with van der Waals surface area (Å²) < 4.78 is 51.1. The topological polar surface area (TPSA) is 56.8 Å². The Morgan fingerprint density at radius 1 is 1.04 bits per heavy atom. The first kappa shape index (κ1) is 18.1. The zero-order chi connectivity index (χ0) is 18.6. The molecule has 0 aromatic heterocycles. The highest BCUT2D eigenvalue weighted by atomic mass is 19.4. The van der Waals surface area contributed by atoms with Gasteiger partial charge in [0.2, 0.25) is 6.79 Å². The van der Waals surface area contributed by atoms with Crippen LogP contribution < -0.4 is 14.8 Å². The van der Waals surface area contributed by atoms with Crippen LogP contribution in [-0.4, -0.2) is 25.5 Å². The maximum Gasteiger partial charge on any atom is 0.411 e. The van der Waals surface area contributed by atoms with Crippen LogP contribution in [0.4, 0.5) is 13.2 Å². The van der Waals surface area contributed by atoms with Crippen molar-refractivity contribution in [2.75, 3.05) is 13.4 Å². The lowest BCUT2D eigenvalue weighted by Crippen LogP contribution is -2.22. The van der Waals surface area contributed by atoms with Crippen molar-refractivity contribution in [1.29, 1.82) is 0 Å². The number of ether oxygens (including phenoxy) is 3. The number of carbonyl (C=O) groups excluding carboxylic acids is 1. The van der Waals surface area contributed by atoms with Gasteiger partial charge in [0.1, 0.15) is 6.61 Å². The highest BCUT2D eigenvalue weighted by molar-refractivity contribution is 5.94. The van der Waals surface area contributed by atoms with Crippen molar-refractivity contribution < 1.29 is 32.2 Å². The first-order valence-electron chi connectivity index (χ1n) is 7.81. The summed E-state index contributed by atoms with van der Waals surface area (Å²) in [6, 6.07) is 11.7. The molecule has 0 radical (unpaired) electrons. The van der Waals surface area contributed by atoms with E-state index in [4.69, 9.17) is 9.47 Å². The van der Waals surface area contributed by atoms with E-state index in [0.717, 1.165) is 5.56 Å². The quantitative estimate of drug-likeness (QED) is 0.850. The summed E-state index contributed by atoms with van der Waals surface area (Å²) in [5.41, 5.74) is 1.89. The van der Waals surface area contributed by atoms with Crippen LogP contribution in [0.15, 0.2) is 42.5 Å². The van der Waals surface area contributed by atoms with Crippen molar-refractivity contribution in [1.82, 2.24) is 5.32 Å². The van der Waals surface area contributed by atoms with Gasteiger partial charge in [0, 0.05) is 12.1 Å². The van der Waals surface area contributed by atoms with Gasteiger partial charge in [-0.15, -0.1) is 0 Å². The first-order valence-corrected chi connectivity index (χ1v) is 7.81. The molecule has 0 fully saturated rings. The van der Waals surface area contributed by atoms with E-state index in [1.807, 2.05) is 0 Å². The van der Waals surface area contributed by atoms with Crippen molar-refractivity contribution in [2.45, 2.75) is 19.3 Å². The van der Waals surface area contributed by atoms with Gasteiger partial charge in [-0.05, 0) is 29.3 Å². The van der Waals surface area contributed by atoms with E-state index >= 15 is 0 Å². The van der Waals surface area contributed by atoms with E-state index in [2.05, 4.69) is 10.1 Å². The Labute approximate surface area is 147 Å². The standard InChI is InChI=1S/C18H16F3NO4/c19-18(20,21)10-24-9-13-3-1-12(2-4-13)8-22-17(23)14-5-6-15-16(7-14)26-11-25-15/h1-7H,8-11H2,(H,22,23). The first-order chi connectivity index (χ1) is 12.4. The number of benzene rings is 2. The van der Waals surface area contributed by atoms with E-state index in [1.54, 1.807) is 42.5 Å². The summed E-state index contributed by atoms with van der Waals surface area (Å²) in [7, 11) is 0. The molecule has 0 bridgehead atoms. The Hall–Kier alpha value is -2.74. The van der Waals surface area contributed by atoms with E-state index in [-0.39, 0.29) is 25.9 Å². The van der Waals surface area contributed by atoms with Gasteiger partial charge in [-0.1, -0.05) is 24.3 Å². The van der Waals surface area contributed by atoms with Gasteiger partial charge in [-0.25, -0.2) is 0 Å². The van der Waals surface area contributed by atoms with Gasteiger partial charge < -0.3 is 19.5 Å². The summed E-state index contributed by atoms with van der Waals surface area (Å²) in [6.07, 6.45) is -4.33. The molecule has 2 aromatic rings. The molecule has 0 spiro atoms. The number of carbonyl (C=O) groups is 1. The third-order valence-corrected chi connectivity index (χ3v) is 3.65. The SMILES string of the molecule is O=C(NCc1ccc(COCC(F)(F)F)cc1)c1ccc2c(c1)OCO2. The largest absolute Gasteiger partial charge is 0.454 e. The van der Waals surface area contributed by atoms with Crippen LogP contribution in [0, 0.1) is 0 Å². The molecule has 3 rings (SSSR count). The minimum Gasteiger partial charge on any atom is -0.454 e. The minimum absolute atomic E-state index is 0.122. The minimum atomic E-state index is -4.33. The van der Waals surface area contributed by atoms with Gasteiger partial charge in [0.15, 0.2) is 11.5 Å². The van der Waals surface area contributed by atoms with Crippen LogP contribution in [0.5, 0.6) is 11.5 Å². The zero-order valence-electron chi connectivity index (χ0n) is 13.6. The molecule has 8 heteroatoms. The molecule has 1 N–H and O–H groups in total. The number of halogens is 3. The Bertz CT molecular complexity index is 775. The Morgan fingerprint density at radius 3 is 2.46 bits per heavy atom. The van der Waals surface area contributed by atoms with E-state index in [9.17, 15) is 18.0 Å². The number of alkyl halides is 3. The molecule has 1 aliphatic rings. The molecule has 2 aromatic carbocycles. The number of hydrogen-bond donors (Lipinski definition) is 1. The average Bonchev–Trinajstić information content (AvgIpc) is 3.07. The molecule has 5 nitrogen and oxygen atoms in total. The number of amides is 1. The van der Waals surface area contributed by atoms with Crippen molar-refractivity contribution in [3.05, 3.63) is 59.2 Å². The zero-order valence-corrected chi connectivity index (χ0v) is 13.6. The number of nitrogens with one attached hydrogen (secondary N) is 1. The number of rotatable bonds is 6. The summed E-state index contributed by atoms with van der Waals surface area (Å²) in [4.78, 5) is 12.2. The second kappa shape index (κ2) is 7.65. The third-order valence-electron chi connectivity index (χ3n) is 3.65. The van der Waals surface area contributed by atoms with E-state index < -0.39 is 12.8 Å². The highest BCUT2D eigenvalue weighted by Crippen LogP contribution is 2.32. The second-order valence-corrected chi connectivity index (χ2v) is 5.68. The smallest absolute Gasteiger partial charge is 0.411 e. The molecule has 0 atom stereocenters. The van der Waals surface area contributed by atoms with E-state index in [0.29, 0.717) is 22.6 Å². The number of fused-ring (bicyclic) bond motifs is 1. The Kier molecular flexibility index (Phi) is 5.32. The molecule has 0 unspecified atom stereocenters.